The highest BCUT2D eigenvalue weighted by atomic mass is 28.4. The van der Waals surface area contributed by atoms with Crippen molar-refractivity contribution in [1.82, 2.24) is 0 Å². The van der Waals surface area contributed by atoms with Crippen molar-refractivity contribution in [1.29, 1.82) is 0 Å². The molecule has 0 aliphatic carbocycles. The Balaban J connectivity index is 2.71. The zero-order valence-corrected chi connectivity index (χ0v) is 15.0. The summed E-state index contributed by atoms with van der Waals surface area (Å²) in [5.41, 5.74) is 1.47. The molecule has 1 atom stereocenters. The van der Waals surface area contributed by atoms with E-state index >= 15 is 0 Å². The summed E-state index contributed by atoms with van der Waals surface area (Å²) in [4.78, 5) is 0. The number of benzene rings is 1. The Hall–Kier alpha value is -0.603. The van der Waals surface area contributed by atoms with Crippen LogP contribution in [0.4, 0.5) is 0 Å². The molecule has 2 heteroatoms. The number of hydrogen-bond donors (Lipinski definition) is 0. The molecule has 0 spiro atoms. The average Bonchev–Trinajstić information content (AvgIpc) is 2.52. The molecule has 0 aliphatic rings. The Morgan fingerprint density at radius 3 is 1.95 bits per heavy atom. The van der Waals surface area contributed by atoms with Gasteiger partial charge in [-0.25, -0.2) is 0 Å². The van der Waals surface area contributed by atoms with Crippen molar-refractivity contribution in [2.45, 2.75) is 77.6 Å². The van der Waals surface area contributed by atoms with Gasteiger partial charge in [0.25, 0.3) is 0 Å². The van der Waals surface area contributed by atoms with Gasteiger partial charge in [-0.1, -0.05) is 58.0 Å². The van der Waals surface area contributed by atoms with Crippen LogP contribution in [0.3, 0.4) is 0 Å². The first kappa shape index (κ1) is 17.4. The molecule has 0 saturated heterocycles. The van der Waals surface area contributed by atoms with Gasteiger partial charge in [0.15, 0.2) is 8.32 Å². The molecule has 1 aromatic carbocycles. The summed E-state index contributed by atoms with van der Waals surface area (Å²) in [7, 11) is -1.51. The third kappa shape index (κ3) is 4.74. The summed E-state index contributed by atoms with van der Waals surface area (Å²) in [6.07, 6.45) is 3.35. The molecular weight excluding hydrogens is 260 g/mol. The average molecular weight is 293 g/mol. The van der Waals surface area contributed by atoms with E-state index in [1.165, 1.54) is 23.7 Å². The Morgan fingerprint density at radius 1 is 0.950 bits per heavy atom. The minimum absolute atomic E-state index is 0.0457. The number of rotatable bonds is 9. The van der Waals surface area contributed by atoms with Gasteiger partial charge >= 0.3 is 0 Å². The van der Waals surface area contributed by atoms with Crippen molar-refractivity contribution in [3.05, 3.63) is 35.9 Å². The Labute approximate surface area is 126 Å². The summed E-state index contributed by atoms with van der Waals surface area (Å²) in [6, 6.07) is 14.5. The zero-order chi connectivity index (χ0) is 15.1. The lowest BCUT2D eigenvalue weighted by atomic mass is 9.94. The minimum Gasteiger partial charge on any atom is -0.412 e. The highest BCUT2D eigenvalue weighted by Crippen LogP contribution is 2.32. The van der Waals surface area contributed by atoms with Crippen LogP contribution in [0.5, 0.6) is 0 Å². The van der Waals surface area contributed by atoms with Crippen molar-refractivity contribution in [3.8, 4) is 0 Å². The van der Waals surface area contributed by atoms with Gasteiger partial charge < -0.3 is 4.43 Å². The molecule has 1 rings (SSSR count). The smallest absolute Gasteiger partial charge is 0.192 e. The molecule has 0 amide bonds. The SMILES string of the molecule is CCC(C)(CCc1ccccc1)O[Si](CC)(CC)CC. The van der Waals surface area contributed by atoms with Gasteiger partial charge in [0.1, 0.15) is 0 Å². The van der Waals surface area contributed by atoms with Gasteiger partial charge in [-0.3, -0.25) is 0 Å². The van der Waals surface area contributed by atoms with E-state index in [9.17, 15) is 0 Å². The highest BCUT2D eigenvalue weighted by molar-refractivity contribution is 6.73. The second-order valence-electron chi connectivity index (χ2n) is 6.13. The Bertz CT molecular complexity index is 364. The molecule has 1 nitrogen and oxygen atoms in total. The van der Waals surface area contributed by atoms with Crippen molar-refractivity contribution in [3.63, 3.8) is 0 Å². The molecule has 0 bridgehead atoms. The third-order valence-corrected chi connectivity index (χ3v) is 9.72. The van der Waals surface area contributed by atoms with Gasteiger partial charge in [0, 0.05) is 0 Å². The zero-order valence-electron chi connectivity index (χ0n) is 14.0. The lowest BCUT2D eigenvalue weighted by molar-refractivity contribution is 0.0623. The molecular formula is C18H32OSi. The molecule has 0 N–H and O–H groups in total. The van der Waals surface area contributed by atoms with Gasteiger partial charge in [-0.05, 0) is 49.9 Å². The lowest BCUT2D eigenvalue weighted by Gasteiger charge is -2.40. The largest absolute Gasteiger partial charge is 0.412 e. The van der Waals surface area contributed by atoms with Crippen LogP contribution in [-0.2, 0) is 10.8 Å². The normalized spacial score (nSPS) is 15.1. The summed E-state index contributed by atoms with van der Waals surface area (Å²) >= 11 is 0. The van der Waals surface area contributed by atoms with Crippen LogP contribution in [0.1, 0.15) is 53.0 Å². The van der Waals surface area contributed by atoms with Crippen LogP contribution in [0.15, 0.2) is 30.3 Å². The molecule has 0 heterocycles. The summed E-state index contributed by atoms with van der Waals surface area (Å²) < 4.78 is 6.78. The summed E-state index contributed by atoms with van der Waals surface area (Å²) in [5.74, 6) is 0. The predicted molar refractivity (Wildman–Crippen MR) is 91.7 cm³/mol. The van der Waals surface area contributed by atoms with E-state index < -0.39 is 8.32 Å². The molecule has 1 aromatic rings. The maximum Gasteiger partial charge on any atom is 0.192 e. The van der Waals surface area contributed by atoms with E-state index in [0.29, 0.717) is 0 Å². The molecule has 0 fully saturated rings. The van der Waals surface area contributed by atoms with E-state index in [4.69, 9.17) is 4.43 Å². The second-order valence-corrected chi connectivity index (χ2v) is 10.8. The van der Waals surface area contributed by atoms with E-state index in [2.05, 4.69) is 65.0 Å². The topological polar surface area (TPSA) is 9.23 Å². The molecule has 20 heavy (non-hydrogen) atoms. The number of hydrogen-bond acceptors (Lipinski definition) is 1. The molecule has 114 valence electrons. The Kier molecular flexibility index (Phi) is 6.97. The van der Waals surface area contributed by atoms with Crippen LogP contribution in [0.2, 0.25) is 18.1 Å². The maximum atomic E-state index is 6.78. The predicted octanol–water partition coefficient (Wildman–Crippen LogP) is 5.81. The Morgan fingerprint density at radius 2 is 1.50 bits per heavy atom. The van der Waals surface area contributed by atoms with Gasteiger partial charge in [0.05, 0.1) is 5.60 Å². The molecule has 0 radical (unpaired) electrons. The van der Waals surface area contributed by atoms with Crippen LogP contribution < -0.4 is 0 Å². The van der Waals surface area contributed by atoms with Crippen LogP contribution >= 0.6 is 0 Å². The fraction of sp³-hybridized carbons (Fsp3) is 0.667. The molecule has 0 aliphatic heterocycles. The molecule has 1 unspecified atom stereocenters. The van der Waals surface area contributed by atoms with Crippen molar-refractivity contribution in [2.24, 2.45) is 0 Å². The van der Waals surface area contributed by atoms with Crippen molar-refractivity contribution < 1.29 is 4.43 Å². The van der Waals surface area contributed by atoms with Gasteiger partial charge in [-0.15, -0.1) is 0 Å². The monoisotopic (exact) mass is 292 g/mol. The van der Waals surface area contributed by atoms with Crippen LogP contribution in [0, 0.1) is 0 Å². The van der Waals surface area contributed by atoms with E-state index in [0.717, 1.165) is 19.3 Å². The fourth-order valence-electron chi connectivity index (χ4n) is 2.84. The van der Waals surface area contributed by atoms with E-state index in [-0.39, 0.29) is 5.60 Å². The van der Waals surface area contributed by atoms with Gasteiger partial charge in [0.2, 0.25) is 0 Å². The number of aryl methyl sites for hydroxylation is 1. The minimum atomic E-state index is -1.51. The lowest BCUT2D eigenvalue weighted by Crippen LogP contribution is -2.45. The fourth-order valence-corrected chi connectivity index (χ4v) is 6.07. The van der Waals surface area contributed by atoms with Crippen LogP contribution in [0.25, 0.3) is 0 Å². The molecule has 0 aromatic heterocycles. The second kappa shape index (κ2) is 7.99. The first-order valence-electron chi connectivity index (χ1n) is 8.27. The summed E-state index contributed by atoms with van der Waals surface area (Å²) in [5, 5.41) is 0. The maximum absolute atomic E-state index is 6.78. The highest BCUT2D eigenvalue weighted by Gasteiger charge is 2.36. The van der Waals surface area contributed by atoms with Crippen molar-refractivity contribution in [2.75, 3.05) is 0 Å². The van der Waals surface area contributed by atoms with E-state index in [1.54, 1.807) is 0 Å². The van der Waals surface area contributed by atoms with Crippen molar-refractivity contribution >= 4 is 8.32 Å². The molecule has 0 saturated carbocycles. The summed E-state index contributed by atoms with van der Waals surface area (Å²) in [6.45, 7) is 11.5. The third-order valence-electron chi connectivity index (χ3n) is 4.93. The quantitative estimate of drug-likeness (QED) is 0.522. The standard InChI is InChI=1S/C18H32OSi/c1-6-18(5,19-20(7-2,8-3)9-4)16-15-17-13-11-10-12-14-17/h10-14H,6-9,15-16H2,1-5H3. The van der Waals surface area contributed by atoms with Gasteiger partial charge in [-0.2, -0.15) is 0 Å². The van der Waals surface area contributed by atoms with Crippen LogP contribution in [-0.4, -0.2) is 13.9 Å². The van der Waals surface area contributed by atoms with E-state index in [1.807, 2.05) is 0 Å². The first-order chi connectivity index (χ1) is 9.53. The first-order valence-corrected chi connectivity index (χ1v) is 10.8.